The van der Waals surface area contributed by atoms with E-state index in [0.717, 1.165) is 11.3 Å². The number of rotatable bonds is 6. The molecule has 6 heteroatoms. The quantitative estimate of drug-likeness (QED) is 0.740. The first-order valence-corrected chi connectivity index (χ1v) is 8.49. The molecule has 1 amide bonds. The number of nitrogens with zero attached hydrogens (tertiary/aromatic N) is 2. The van der Waals surface area contributed by atoms with E-state index >= 15 is 0 Å². The molecule has 26 heavy (non-hydrogen) atoms. The molecular formula is C20H21N3O3. The molecule has 0 aliphatic carbocycles. The van der Waals surface area contributed by atoms with Crippen LogP contribution < -0.4 is 15.6 Å². The van der Waals surface area contributed by atoms with Gasteiger partial charge in [-0.05, 0) is 43.7 Å². The molecule has 0 atom stereocenters. The average Bonchev–Trinajstić information content (AvgIpc) is 2.63. The lowest BCUT2D eigenvalue weighted by atomic mass is 10.2. The maximum absolute atomic E-state index is 12.4. The zero-order valence-electron chi connectivity index (χ0n) is 14.8. The highest BCUT2D eigenvalue weighted by Gasteiger charge is 2.08. The molecule has 0 bridgehead atoms. The van der Waals surface area contributed by atoms with E-state index in [1.54, 1.807) is 18.2 Å². The predicted molar refractivity (Wildman–Crippen MR) is 100 cm³/mol. The molecule has 1 heterocycles. The molecule has 0 saturated heterocycles. The lowest BCUT2D eigenvalue weighted by molar-refractivity contribution is -0.121. The van der Waals surface area contributed by atoms with Crippen LogP contribution in [0.1, 0.15) is 19.4 Å². The third-order valence-corrected chi connectivity index (χ3v) is 3.83. The van der Waals surface area contributed by atoms with Crippen LogP contribution in [0.2, 0.25) is 0 Å². The molecule has 0 spiro atoms. The molecule has 2 aromatic carbocycles. The molecule has 1 N–H and O–H groups in total. The summed E-state index contributed by atoms with van der Waals surface area (Å²) in [6.45, 7) is 4.26. The molecule has 1 aromatic heterocycles. The normalized spacial score (nSPS) is 10.9. The lowest BCUT2D eigenvalue weighted by Crippen LogP contribution is -2.32. The van der Waals surface area contributed by atoms with Crippen molar-refractivity contribution in [2.24, 2.45) is 0 Å². The Hall–Kier alpha value is -3.15. The van der Waals surface area contributed by atoms with Gasteiger partial charge in [-0.3, -0.25) is 14.2 Å². The fourth-order valence-electron chi connectivity index (χ4n) is 2.59. The second-order valence-electron chi connectivity index (χ2n) is 6.28. The number of aromatic nitrogens is 2. The number of carbonyl (C=O) groups is 1. The van der Waals surface area contributed by atoms with Gasteiger partial charge in [0, 0.05) is 6.54 Å². The van der Waals surface area contributed by atoms with Gasteiger partial charge in [0.15, 0.2) is 0 Å². The highest BCUT2D eigenvalue weighted by molar-refractivity contribution is 5.78. The molecule has 0 saturated carbocycles. The number of hydrogen-bond donors (Lipinski definition) is 1. The molecule has 0 fully saturated rings. The Labute approximate surface area is 151 Å². The van der Waals surface area contributed by atoms with Gasteiger partial charge in [-0.1, -0.05) is 24.3 Å². The largest absolute Gasteiger partial charge is 0.491 e. The number of para-hydroxylation sites is 1. The number of benzene rings is 2. The fourth-order valence-corrected chi connectivity index (χ4v) is 2.59. The minimum Gasteiger partial charge on any atom is -0.491 e. The number of hydrogen-bond acceptors (Lipinski definition) is 4. The predicted octanol–water partition coefficient (Wildman–Crippen LogP) is 2.50. The summed E-state index contributed by atoms with van der Waals surface area (Å²) >= 11 is 0. The molecule has 0 unspecified atom stereocenters. The average molecular weight is 351 g/mol. The number of fused-ring (bicyclic) bond motifs is 1. The van der Waals surface area contributed by atoms with Gasteiger partial charge in [0.1, 0.15) is 12.3 Å². The number of carbonyl (C=O) groups excluding carboxylic acids is 1. The molecule has 3 rings (SSSR count). The van der Waals surface area contributed by atoms with E-state index in [-0.39, 0.29) is 24.1 Å². The zero-order chi connectivity index (χ0) is 18.5. The van der Waals surface area contributed by atoms with Crippen molar-refractivity contribution in [2.75, 3.05) is 0 Å². The Morgan fingerprint density at radius 3 is 2.62 bits per heavy atom. The first-order chi connectivity index (χ1) is 12.5. The van der Waals surface area contributed by atoms with Crippen molar-refractivity contribution >= 4 is 16.8 Å². The van der Waals surface area contributed by atoms with Crippen LogP contribution in [0.5, 0.6) is 5.75 Å². The van der Waals surface area contributed by atoms with Crippen molar-refractivity contribution in [3.05, 3.63) is 70.8 Å². The van der Waals surface area contributed by atoms with Crippen LogP contribution in [-0.4, -0.2) is 21.6 Å². The minimum absolute atomic E-state index is 0.0643. The number of nitrogens with one attached hydrogen (secondary N) is 1. The Bertz CT molecular complexity index is 962. The van der Waals surface area contributed by atoms with Crippen LogP contribution in [0.15, 0.2) is 59.7 Å². The highest BCUT2D eigenvalue weighted by Crippen LogP contribution is 2.13. The van der Waals surface area contributed by atoms with Crippen LogP contribution in [0, 0.1) is 0 Å². The zero-order valence-corrected chi connectivity index (χ0v) is 14.8. The van der Waals surface area contributed by atoms with Gasteiger partial charge in [0.25, 0.3) is 5.56 Å². The monoisotopic (exact) mass is 351 g/mol. The molecule has 0 aliphatic rings. The summed E-state index contributed by atoms with van der Waals surface area (Å²) in [7, 11) is 0. The topological polar surface area (TPSA) is 73.2 Å². The lowest BCUT2D eigenvalue weighted by Gasteiger charge is -2.11. The second kappa shape index (κ2) is 7.82. The van der Waals surface area contributed by atoms with E-state index in [2.05, 4.69) is 10.3 Å². The van der Waals surface area contributed by atoms with Crippen LogP contribution in [0.25, 0.3) is 10.9 Å². The van der Waals surface area contributed by atoms with Gasteiger partial charge in [-0.25, -0.2) is 4.98 Å². The molecule has 3 aromatic rings. The highest BCUT2D eigenvalue weighted by atomic mass is 16.5. The summed E-state index contributed by atoms with van der Waals surface area (Å²) < 4.78 is 6.91. The maximum Gasteiger partial charge on any atom is 0.261 e. The van der Waals surface area contributed by atoms with E-state index < -0.39 is 0 Å². The smallest absolute Gasteiger partial charge is 0.261 e. The Balaban J connectivity index is 1.61. The van der Waals surface area contributed by atoms with E-state index in [1.807, 2.05) is 44.2 Å². The van der Waals surface area contributed by atoms with Crippen molar-refractivity contribution in [1.82, 2.24) is 14.9 Å². The first kappa shape index (κ1) is 17.7. The third-order valence-electron chi connectivity index (χ3n) is 3.83. The van der Waals surface area contributed by atoms with E-state index in [9.17, 15) is 9.59 Å². The van der Waals surface area contributed by atoms with E-state index in [0.29, 0.717) is 17.4 Å². The van der Waals surface area contributed by atoms with Crippen molar-refractivity contribution in [3.8, 4) is 5.75 Å². The molecule has 134 valence electrons. The van der Waals surface area contributed by atoms with Gasteiger partial charge < -0.3 is 10.1 Å². The molecular weight excluding hydrogens is 330 g/mol. The van der Waals surface area contributed by atoms with Gasteiger partial charge in [-0.2, -0.15) is 0 Å². The van der Waals surface area contributed by atoms with Gasteiger partial charge in [0.2, 0.25) is 5.91 Å². The summed E-state index contributed by atoms with van der Waals surface area (Å²) in [4.78, 5) is 28.8. The first-order valence-electron chi connectivity index (χ1n) is 8.49. The maximum atomic E-state index is 12.4. The summed E-state index contributed by atoms with van der Waals surface area (Å²) in [6, 6.07) is 14.6. The second-order valence-corrected chi connectivity index (χ2v) is 6.28. The van der Waals surface area contributed by atoms with Crippen molar-refractivity contribution in [1.29, 1.82) is 0 Å². The standard InChI is InChI=1S/C20H21N3O3/c1-14(2)26-16-9-7-15(8-10-16)11-21-19(24)12-23-13-22-18-6-4-3-5-17(18)20(23)25/h3-10,13-14H,11-12H2,1-2H3,(H,21,24). The SMILES string of the molecule is CC(C)Oc1ccc(CNC(=O)Cn2cnc3ccccc3c2=O)cc1. The fraction of sp³-hybridized carbons (Fsp3) is 0.250. The Kier molecular flexibility index (Phi) is 5.31. The molecule has 6 nitrogen and oxygen atoms in total. The summed E-state index contributed by atoms with van der Waals surface area (Å²) in [5.74, 6) is 0.551. The number of ether oxygens (including phenoxy) is 1. The number of amides is 1. The summed E-state index contributed by atoms with van der Waals surface area (Å²) in [6.07, 6.45) is 1.52. The van der Waals surface area contributed by atoms with Crippen LogP contribution >= 0.6 is 0 Å². The summed E-state index contributed by atoms with van der Waals surface area (Å²) in [5.41, 5.74) is 1.36. The Morgan fingerprint density at radius 1 is 1.15 bits per heavy atom. The van der Waals surface area contributed by atoms with Crippen LogP contribution in [0.4, 0.5) is 0 Å². The molecule has 0 aliphatic heterocycles. The third kappa shape index (κ3) is 4.27. The van der Waals surface area contributed by atoms with Crippen molar-refractivity contribution in [3.63, 3.8) is 0 Å². The van der Waals surface area contributed by atoms with E-state index in [4.69, 9.17) is 4.74 Å². The van der Waals surface area contributed by atoms with Gasteiger partial charge in [-0.15, -0.1) is 0 Å². The minimum atomic E-state index is -0.244. The van der Waals surface area contributed by atoms with Crippen molar-refractivity contribution in [2.45, 2.75) is 33.0 Å². The van der Waals surface area contributed by atoms with E-state index in [1.165, 1.54) is 10.9 Å². The van der Waals surface area contributed by atoms with Crippen molar-refractivity contribution < 1.29 is 9.53 Å². The van der Waals surface area contributed by atoms with Gasteiger partial charge in [0.05, 0.1) is 23.3 Å². The summed E-state index contributed by atoms with van der Waals surface area (Å²) in [5, 5.41) is 3.32. The van der Waals surface area contributed by atoms with Crippen LogP contribution in [-0.2, 0) is 17.9 Å². The van der Waals surface area contributed by atoms with Gasteiger partial charge >= 0.3 is 0 Å². The molecule has 0 radical (unpaired) electrons. The van der Waals surface area contributed by atoms with Crippen LogP contribution in [0.3, 0.4) is 0 Å². The Morgan fingerprint density at radius 2 is 1.88 bits per heavy atom.